The van der Waals surface area contributed by atoms with Crippen molar-refractivity contribution in [2.24, 2.45) is 16.8 Å². The molecule has 0 aliphatic rings. The second-order valence-corrected chi connectivity index (χ2v) is 4.66. The Morgan fingerprint density at radius 3 is 2.65 bits per heavy atom. The molecule has 0 saturated carbocycles. The van der Waals surface area contributed by atoms with Gasteiger partial charge in [0.15, 0.2) is 0 Å². The van der Waals surface area contributed by atoms with Crippen LogP contribution in [0.15, 0.2) is 5.11 Å². The number of ether oxygens (including phenoxy) is 1. The minimum absolute atomic E-state index is 0.0501. The van der Waals surface area contributed by atoms with Crippen molar-refractivity contribution in [3.63, 3.8) is 0 Å². The third-order valence-corrected chi connectivity index (χ3v) is 3.04. The lowest BCUT2D eigenvalue weighted by Crippen LogP contribution is -2.20. The Hall–Kier alpha value is -1.59. The molecule has 0 aromatic heterocycles. The van der Waals surface area contributed by atoms with Gasteiger partial charge in [-0.3, -0.25) is 9.59 Å². The molecule has 0 fully saturated rings. The number of carbonyl (C=O) groups is 2. The molecule has 7 nitrogen and oxygen atoms in total. The molecule has 1 atom stereocenters. The lowest BCUT2D eigenvalue weighted by Gasteiger charge is -2.13. The zero-order valence-corrected chi connectivity index (χ0v) is 12.1. The maximum atomic E-state index is 11.8. The Balaban J connectivity index is 4.04. The molecule has 0 aromatic rings. The van der Waals surface area contributed by atoms with Gasteiger partial charge >= 0.3 is 5.97 Å². The maximum Gasteiger partial charge on any atom is 0.309 e. The van der Waals surface area contributed by atoms with Crippen molar-refractivity contribution < 1.29 is 14.3 Å². The number of carbonyl (C=O) groups excluding carboxylic acids is 2. The lowest BCUT2D eigenvalue weighted by molar-refractivity contribution is -0.147. The van der Waals surface area contributed by atoms with Gasteiger partial charge in [0.1, 0.15) is 5.78 Å². The molecule has 0 rings (SSSR count). The van der Waals surface area contributed by atoms with E-state index in [4.69, 9.17) is 16.0 Å². The summed E-state index contributed by atoms with van der Waals surface area (Å²) in [5.41, 5.74) is 13.5. The Kier molecular flexibility index (Phi) is 11.5. The van der Waals surface area contributed by atoms with Gasteiger partial charge in [-0.2, -0.15) is 0 Å². The van der Waals surface area contributed by atoms with Crippen LogP contribution >= 0.6 is 0 Å². The summed E-state index contributed by atoms with van der Waals surface area (Å²) in [6, 6.07) is 0. The Morgan fingerprint density at radius 2 is 2.05 bits per heavy atom. The van der Waals surface area contributed by atoms with Gasteiger partial charge in [0.25, 0.3) is 0 Å². The van der Waals surface area contributed by atoms with E-state index in [1.54, 1.807) is 0 Å². The normalized spacial score (nSPS) is 11.5. The summed E-state index contributed by atoms with van der Waals surface area (Å²) in [6.45, 7) is 0.988. The molecule has 0 aliphatic heterocycles. The van der Waals surface area contributed by atoms with Crippen LogP contribution in [0, 0.1) is 5.92 Å². The highest BCUT2D eigenvalue weighted by molar-refractivity contribution is 5.84. The van der Waals surface area contributed by atoms with E-state index in [9.17, 15) is 9.59 Å². The third-order valence-electron chi connectivity index (χ3n) is 3.04. The van der Waals surface area contributed by atoms with Crippen molar-refractivity contribution in [2.75, 3.05) is 20.2 Å². The van der Waals surface area contributed by atoms with Crippen molar-refractivity contribution in [1.82, 2.24) is 0 Å². The van der Waals surface area contributed by atoms with Crippen LogP contribution in [0.4, 0.5) is 0 Å². The minimum atomic E-state index is -0.365. The average Bonchev–Trinajstić information content (AvgIpc) is 2.45. The van der Waals surface area contributed by atoms with Crippen molar-refractivity contribution in [3.8, 4) is 0 Å². The summed E-state index contributed by atoms with van der Waals surface area (Å²) >= 11 is 0. The lowest BCUT2D eigenvalue weighted by atomic mass is 9.94. The summed E-state index contributed by atoms with van der Waals surface area (Å²) in [6.07, 6.45) is 4.28. The molecule has 20 heavy (non-hydrogen) atoms. The highest BCUT2D eigenvalue weighted by atomic mass is 16.5. The summed E-state index contributed by atoms with van der Waals surface area (Å²) in [7, 11) is 1.34. The Morgan fingerprint density at radius 1 is 1.30 bits per heavy atom. The number of azide groups is 1. The van der Waals surface area contributed by atoms with Gasteiger partial charge in [0.2, 0.25) is 0 Å². The molecule has 0 unspecified atom stereocenters. The number of rotatable bonds is 12. The highest BCUT2D eigenvalue weighted by Gasteiger charge is 2.21. The van der Waals surface area contributed by atoms with E-state index < -0.39 is 0 Å². The molecule has 2 N–H and O–H groups in total. The van der Waals surface area contributed by atoms with E-state index in [0.29, 0.717) is 38.8 Å². The first-order valence-electron chi connectivity index (χ1n) is 6.96. The van der Waals surface area contributed by atoms with Crippen LogP contribution in [-0.2, 0) is 14.3 Å². The van der Waals surface area contributed by atoms with Crippen LogP contribution in [0.3, 0.4) is 0 Å². The topological polar surface area (TPSA) is 118 Å². The van der Waals surface area contributed by atoms with Crippen molar-refractivity contribution >= 4 is 11.8 Å². The largest absolute Gasteiger partial charge is 0.469 e. The Labute approximate surface area is 119 Å². The van der Waals surface area contributed by atoms with E-state index in [1.165, 1.54) is 7.11 Å². The van der Waals surface area contributed by atoms with Crippen molar-refractivity contribution in [3.05, 3.63) is 10.4 Å². The zero-order chi connectivity index (χ0) is 15.2. The van der Waals surface area contributed by atoms with Gasteiger partial charge < -0.3 is 10.5 Å². The second kappa shape index (κ2) is 12.4. The molecule has 0 saturated heterocycles. The second-order valence-electron chi connectivity index (χ2n) is 4.66. The van der Waals surface area contributed by atoms with Crippen molar-refractivity contribution in [2.45, 2.75) is 44.9 Å². The highest BCUT2D eigenvalue weighted by Crippen LogP contribution is 2.16. The number of esters is 1. The van der Waals surface area contributed by atoms with Crippen molar-refractivity contribution in [1.29, 1.82) is 0 Å². The Bertz CT molecular complexity index is 341. The maximum absolute atomic E-state index is 11.8. The van der Waals surface area contributed by atoms with E-state index in [-0.39, 0.29) is 24.1 Å². The molecule has 0 aliphatic carbocycles. The molecule has 0 heterocycles. The standard InChI is InChI=1S/C13H24N4O3/c1-20-13(19)11(6-2-4-8-14)10-12(18)7-3-5-9-16-17-15/h11H,2-10,14H2,1H3/t11-/m1/s1. The predicted octanol–water partition coefficient (Wildman–Crippen LogP) is 2.34. The number of nitrogens with two attached hydrogens (primary N) is 1. The number of methoxy groups -OCH3 is 1. The van der Waals surface area contributed by atoms with Crippen LogP contribution < -0.4 is 5.73 Å². The van der Waals surface area contributed by atoms with Gasteiger partial charge in [-0.25, -0.2) is 0 Å². The molecule has 114 valence electrons. The van der Waals surface area contributed by atoms with E-state index in [0.717, 1.165) is 12.8 Å². The number of nitrogens with zero attached hydrogens (tertiary/aromatic N) is 3. The summed E-state index contributed by atoms with van der Waals surface area (Å²) in [5, 5.41) is 3.40. The monoisotopic (exact) mass is 284 g/mol. The van der Waals surface area contributed by atoms with Crippen LogP contribution in [0.1, 0.15) is 44.9 Å². The predicted molar refractivity (Wildman–Crippen MR) is 75.9 cm³/mol. The summed E-state index contributed by atoms with van der Waals surface area (Å²) in [4.78, 5) is 26.0. The van der Waals surface area contributed by atoms with E-state index in [2.05, 4.69) is 10.0 Å². The van der Waals surface area contributed by atoms with Crippen LogP contribution in [0.5, 0.6) is 0 Å². The van der Waals surface area contributed by atoms with Gasteiger partial charge in [0, 0.05) is 24.3 Å². The van der Waals surface area contributed by atoms with Gasteiger partial charge in [-0.1, -0.05) is 11.5 Å². The third kappa shape index (κ3) is 9.35. The van der Waals surface area contributed by atoms with Crippen LogP contribution in [0.2, 0.25) is 0 Å². The zero-order valence-electron chi connectivity index (χ0n) is 12.1. The molecule has 0 spiro atoms. The first kappa shape index (κ1) is 18.4. The fraction of sp³-hybridized carbons (Fsp3) is 0.846. The molecule has 0 bridgehead atoms. The molecule has 0 aromatic carbocycles. The number of Topliss-reactive ketones (excluding diaryl/α,β-unsaturated/α-hetero) is 1. The van der Waals surface area contributed by atoms with Gasteiger partial charge in [0.05, 0.1) is 13.0 Å². The van der Waals surface area contributed by atoms with Crippen LogP contribution in [-0.4, -0.2) is 32.0 Å². The quantitative estimate of drug-likeness (QED) is 0.194. The van der Waals surface area contributed by atoms with Gasteiger partial charge in [-0.15, -0.1) is 0 Å². The number of ketones is 1. The number of unbranched alkanes of at least 4 members (excludes halogenated alkanes) is 2. The first-order valence-corrected chi connectivity index (χ1v) is 6.96. The SMILES string of the molecule is COC(=O)[C@H](CCCCN)CC(=O)CCCCN=[N+]=[N-]. The van der Waals surface area contributed by atoms with Gasteiger partial charge in [-0.05, 0) is 37.8 Å². The van der Waals surface area contributed by atoms with Crippen LogP contribution in [0.25, 0.3) is 10.4 Å². The molecule has 0 radical (unpaired) electrons. The first-order chi connectivity index (χ1) is 9.65. The summed E-state index contributed by atoms with van der Waals surface area (Å²) in [5.74, 6) is -0.644. The molecule has 7 heteroatoms. The molecular weight excluding hydrogens is 260 g/mol. The summed E-state index contributed by atoms with van der Waals surface area (Å²) < 4.78 is 4.72. The fourth-order valence-corrected chi connectivity index (χ4v) is 1.93. The number of hydrogen-bond donors (Lipinski definition) is 1. The fourth-order valence-electron chi connectivity index (χ4n) is 1.93. The number of hydrogen-bond acceptors (Lipinski definition) is 5. The minimum Gasteiger partial charge on any atom is -0.469 e. The molecular formula is C13H24N4O3. The molecule has 0 amide bonds. The average molecular weight is 284 g/mol. The van der Waals surface area contributed by atoms with E-state index in [1.807, 2.05) is 0 Å². The van der Waals surface area contributed by atoms with E-state index >= 15 is 0 Å². The smallest absolute Gasteiger partial charge is 0.309 e.